The second-order valence-electron chi connectivity index (χ2n) is 4.03. The number of pyridine rings is 1. The van der Waals surface area contributed by atoms with Crippen molar-refractivity contribution in [1.29, 1.82) is 0 Å². The van der Waals surface area contributed by atoms with Gasteiger partial charge >= 0.3 is 0 Å². The topological polar surface area (TPSA) is 41.6 Å². The Bertz CT molecular complexity index is 708. The molecule has 5 heteroatoms. The summed E-state index contributed by atoms with van der Waals surface area (Å²) in [6, 6.07) is 7.31. The minimum atomic E-state index is -0.327. The maximum absolute atomic E-state index is 13.0. The van der Waals surface area contributed by atoms with Gasteiger partial charge < -0.3 is 4.98 Å². The van der Waals surface area contributed by atoms with Gasteiger partial charge in [-0.3, -0.25) is 4.98 Å². The summed E-state index contributed by atoms with van der Waals surface area (Å²) in [5, 5.41) is 0. The van der Waals surface area contributed by atoms with Crippen molar-refractivity contribution in [2.75, 3.05) is 0 Å². The summed E-state index contributed by atoms with van der Waals surface area (Å²) in [7, 11) is 0. The fraction of sp³-hybridized carbons (Fsp3) is 0.0769. The van der Waals surface area contributed by atoms with Gasteiger partial charge in [-0.25, -0.2) is 9.37 Å². The smallest absolute Gasteiger partial charge is 0.141 e. The van der Waals surface area contributed by atoms with Crippen LogP contribution in [0.4, 0.5) is 4.39 Å². The van der Waals surface area contributed by atoms with Gasteiger partial charge in [0.1, 0.15) is 11.6 Å². The molecule has 0 saturated carbocycles. The molecule has 0 unspecified atom stereocenters. The van der Waals surface area contributed by atoms with E-state index in [9.17, 15) is 4.39 Å². The van der Waals surface area contributed by atoms with E-state index in [0.29, 0.717) is 6.42 Å². The molecule has 1 N–H and O–H groups in total. The number of rotatable bonds is 2. The lowest BCUT2D eigenvalue weighted by Gasteiger charge is -1.96. The maximum Gasteiger partial charge on any atom is 0.141 e. The molecule has 2 aromatic heterocycles. The molecule has 0 aliphatic heterocycles. The van der Waals surface area contributed by atoms with Crippen LogP contribution in [0.2, 0.25) is 0 Å². The second kappa shape index (κ2) is 4.49. The van der Waals surface area contributed by atoms with E-state index in [4.69, 9.17) is 0 Å². The van der Waals surface area contributed by atoms with Crippen LogP contribution in [-0.2, 0) is 6.42 Å². The molecule has 0 atom stereocenters. The van der Waals surface area contributed by atoms with E-state index in [2.05, 4.69) is 30.9 Å². The number of H-pyrrole nitrogens is 1. The molecule has 3 nitrogen and oxygen atoms in total. The first-order chi connectivity index (χ1) is 8.70. The molecule has 0 amide bonds. The van der Waals surface area contributed by atoms with Crippen molar-refractivity contribution < 1.29 is 4.39 Å². The van der Waals surface area contributed by atoms with Crippen LogP contribution in [0.1, 0.15) is 11.4 Å². The minimum Gasteiger partial charge on any atom is -0.342 e. The average Bonchev–Trinajstić information content (AvgIpc) is 2.70. The standard InChI is InChI=1S/C13H9BrFN3/c14-9-1-2-11-12(5-9)18-13(17-11)4-8-3-10(15)7-16-6-8/h1-3,5-7H,4H2,(H,17,18). The number of imidazole rings is 1. The Morgan fingerprint density at radius 1 is 1.22 bits per heavy atom. The van der Waals surface area contributed by atoms with Gasteiger partial charge in [-0.2, -0.15) is 0 Å². The molecular weight excluding hydrogens is 297 g/mol. The quantitative estimate of drug-likeness (QED) is 0.788. The van der Waals surface area contributed by atoms with Crippen LogP contribution in [0.25, 0.3) is 11.0 Å². The lowest BCUT2D eigenvalue weighted by Crippen LogP contribution is -1.92. The fourth-order valence-corrected chi connectivity index (χ4v) is 2.23. The predicted molar refractivity (Wildman–Crippen MR) is 70.8 cm³/mol. The number of benzene rings is 1. The number of halogens is 2. The molecular formula is C13H9BrFN3. The molecule has 3 rings (SSSR count). The number of hydrogen-bond acceptors (Lipinski definition) is 2. The first-order valence-corrected chi connectivity index (χ1v) is 6.23. The largest absolute Gasteiger partial charge is 0.342 e. The Morgan fingerprint density at radius 2 is 2.11 bits per heavy atom. The fourth-order valence-electron chi connectivity index (χ4n) is 1.86. The third-order valence-electron chi connectivity index (χ3n) is 2.63. The maximum atomic E-state index is 13.0. The molecule has 3 aromatic rings. The van der Waals surface area contributed by atoms with Crippen molar-refractivity contribution in [3.63, 3.8) is 0 Å². The minimum absolute atomic E-state index is 0.327. The number of nitrogens with one attached hydrogen (secondary N) is 1. The first kappa shape index (κ1) is 11.3. The van der Waals surface area contributed by atoms with Gasteiger partial charge in [0, 0.05) is 17.1 Å². The normalized spacial score (nSPS) is 11.0. The van der Waals surface area contributed by atoms with E-state index in [0.717, 1.165) is 26.9 Å². The van der Waals surface area contributed by atoms with Crippen LogP contribution in [0, 0.1) is 5.82 Å². The van der Waals surface area contributed by atoms with Crippen molar-refractivity contribution in [2.45, 2.75) is 6.42 Å². The number of fused-ring (bicyclic) bond motifs is 1. The van der Waals surface area contributed by atoms with Gasteiger partial charge in [0.2, 0.25) is 0 Å². The van der Waals surface area contributed by atoms with Crippen molar-refractivity contribution in [2.24, 2.45) is 0 Å². The Labute approximate surface area is 111 Å². The molecule has 0 aliphatic rings. The Kier molecular flexibility index (Phi) is 2.83. The zero-order valence-corrected chi connectivity index (χ0v) is 10.9. The van der Waals surface area contributed by atoms with Crippen molar-refractivity contribution in [3.8, 4) is 0 Å². The predicted octanol–water partition coefficient (Wildman–Crippen LogP) is 3.45. The summed E-state index contributed by atoms with van der Waals surface area (Å²) in [6.07, 6.45) is 3.38. The highest BCUT2D eigenvalue weighted by molar-refractivity contribution is 9.10. The van der Waals surface area contributed by atoms with E-state index in [1.807, 2.05) is 18.2 Å². The molecule has 0 bridgehead atoms. The van der Waals surface area contributed by atoms with Crippen molar-refractivity contribution >= 4 is 27.0 Å². The van der Waals surface area contributed by atoms with Crippen LogP contribution in [-0.4, -0.2) is 15.0 Å². The average molecular weight is 306 g/mol. The first-order valence-electron chi connectivity index (χ1n) is 5.44. The summed E-state index contributed by atoms with van der Waals surface area (Å²) in [4.78, 5) is 11.5. The molecule has 1 aromatic carbocycles. The summed E-state index contributed by atoms with van der Waals surface area (Å²) in [6.45, 7) is 0. The van der Waals surface area contributed by atoms with Gasteiger partial charge in [-0.1, -0.05) is 15.9 Å². The van der Waals surface area contributed by atoms with E-state index < -0.39 is 0 Å². The van der Waals surface area contributed by atoms with Crippen LogP contribution in [0.15, 0.2) is 41.1 Å². The number of aromatic nitrogens is 3. The van der Waals surface area contributed by atoms with E-state index in [-0.39, 0.29) is 5.82 Å². The van der Waals surface area contributed by atoms with Gasteiger partial charge in [0.15, 0.2) is 0 Å². The summed E-state index contributed by atoms with van der Waals surface area (Å²) in [5.74, 6) is 0.474. The van der Waals surface area contributed by atoms with Crippen LogP contribution < -0.4 is 0 Å². The van der Waals surface area contributed by atoms with Crippen LogP contribution in [0.5, 0.6) is 0 Å². The van der Waals surface area contributed by atoms with Crippen LogP contribution in [0.3, 0.4) is 0 Å². The second-order valence-corrected chi connectivity index (χ2v) is 4.95. The third-order valence-corrected chi connectivity index (χ3v) is 3.12. The Hall–Kier alpha value is -1.75. The monoisotopic (exact) mass is 305 g/mol. The van der Waals surface area contributed by atoms with Crippen molar-refractivity contribution in [3.05, 3.63) is 58.3 Å². The van der Waals surface area contributed by atoms with E-state index >= 15 is 0 Å². The lowest BCUT2D eigenvalue weighted by atomic mass is 10.2. The van der Waals surface area contributed by atoms with Gasteiger partial charge in [-0.05, 0) is 29.8 Å². The molecule has 0 aliphatic carbocycles. The summed E-state index contributed by atoms with van der Waals surface area (Å²) < 4.78 is 14.0. The molecule has 0 saturated heterocycles. The number of aromatic amines is 1. The number of nitrogens with zero attached hydrogens (tertiary/aromatic N) is 2. The molecule has 90 valence electrons. The lowest BCUT2D eigenvalue weighted by molar-refractivity contribution is 0.619. The van der Waals surface area contributed by atoms with Gasteiger partial charge in [0.25, 0.3) is 0 Å². The van der Waals surface area contributed by atoms with E-state index in [1.54, 1.807) is 6.20 Å². The SMILES string of the molecule is Fc1cncc(Cc2nc3ccc(Br)cc3[nH]2)c1. The Morgan fingerprint density at radius 3 is 2.94 bits per heavy atom. The highest BCUT2D eigenvalue weighted by Crippen LogP contribution is 2.18. The molecule has 0 spiro atoms. The van der Waals surface area contributed by atoms with E-state index in [1.165, 1.54) is 12.3 Å². The zero-order chi connectivity index (χ0) is 12.5. The molecule has 2 heterocycles. The van der Waals surface area contributed by atoms with Crippen LogP contribution >= 0.6 is 15.9 Å². The summed E-state index contributed by atoms with van der Waals surface area (Å²) in [5.41, 5.74) is 2.66. The highest BCUT2D eigenvalue weighted by Gasteiger charge is 2.05. The number of hydrogen-bond donors (Lipinski definition) is 1. The van der Waals surface area contributed by atoms with Gasteiger partial charge in [0.05, 0.1) is 17.2 Å². The summed E-state index contributed by atoms with van der Waals surface area (Å²) >= 11 is 3.41. The Balaban J connectivity index is 1.95. The highest BCUT2D eigenvalue weighted by atomic mass is 79.9. The zero-order valence-electron chi connectivity index (χ0n) is 9.32. The molecule has 0 radical (unpaired) electrons. The van der Waals surface area contributed by atoms with Gasteiger partial charge in [-0.15, -0.1) is 0 Å². The molecule has 0 fully saturated rings. The molecule has 18 heavy (non-hydrogen) atoms. The third kappa shape index (κ3) is 2.26. The van der Waals surface area contributed by atoms with Crippen molar-refractivity contribution in [1.82, 2.24) is 15.0 Å².